The summed E-state index contributed by atoms with van der Waals surface area (Å²) in [5.41, 5.74) is 8.01. The second-order valence-electron chi connectivity index (χ2n) is 9.45. The molecule has 1 fully saturated rings. The summed E-state index contributed by atoms with van der Waals surface area (Å²) in [6.45, 7) is 4.39. The zero-order valence-electron chi connectivity index (χ0n) is 20.7. The molecule has 36 heavy (non-hydrogen) atoms. The Morgan fingerprint density at radius 1 is 0.833 bits per heavy atom. The van der Waals surface area contributed by atoms with Gasteiger partial charge >= 0.3 is 0 Å². The van der Waals surface area contributed by atoms with Crippen LogP contribution in [0.4, 0.5) is 5.69 Å². The summed E-state index contributed by atoms with van der Waals surface area (Å²) in [5, 5.41) is 2.33. The Labute approximate surface area is 211 Å². The van der Waals surface area contributed by atoms with E-state index in [2.05, 4.69) is 99.6 Å². The van der Waals surface area contributed by atoms with Gasteiger partial charge in [-0.15, -0.1) is 0 Å². The van der Waals surface area contributed by atoms with E-state index < -0.39 is 0 Å². The smallest absolute Gasteiger partial charge is 0.138 e. The van der Waals surface area contributed by atoms with E-state index in [1.54, 1.807) is 7.11 Å². The van der Waals surface area contributed by atoms with Gasteiger partial charge in [-0.3, -0.25) is 0 Å². The number of ether oxygens (including phenoxy) is 1. The van der Waals surface area contributed by atoms with Crippen molar-refractivity contribution in [2.24, 2.45) is 0 Å². The number of rotatable bonds is 5. The number of nitrogens with zero attached hydrogens (tertiary/aromatic N) is 3. The van der Waals surface area contributed by atoms with E-state index in [4.69, 9.17) is 4.74 Å². The number of benzene rings is 3. The molecule has 5 heteroatoms. The van der Waals surface area contributed by atoms with E-state index in [1.165, 1.54) is 22.2 Å². The van der Waals surface area contributed by atoms with Crippen molar-refractivity contribution >= 4 is 39.8 Å². The minimum atomic E-state index is 0.860. The average molecular weight is 475 g/mol. The summed E-state index contributed by atoms with van der Waals surface area (Å²) < 4.78 is 5.28. The number of H-pyrrole nitrogens is 1. The maximum absolute atomic E-state index is 5.28. The number of likely N-dealkylation sites (N-methyl/N-ethyl adjacent to an activating group) is 1. The van der Waals surface area contributed by atoms with E-state index in [1.807, 2.05) is 18.3 Å². The van der Waals surface area contributed by atoms with Crippen LogP contribution in [-0.4, -0.2) is 55.2 Å². The molecule has 3 heterocycles. The SMILES string of the molecule is COc1ccc(/C=C/c2ccnc3[nH]c4ccc(-c5ccc(N6CCN(C)CC6)cc5)cc4c23)cc1. The third-order valence-corrected chi connectivity index (χ3v) is 7.17. The van der Waals surface area contributed by atoms with Gasteiger partial charge in [-0.25, -0.2) is 4.98 Å². The molecule has 5 nitrogen and oxygen atoms in total. The highest BCUT2D eigenvalue weighted by Crippen LogP contribution is 2.33. The van der Waals surface area contributed by atoms with Gasteiger partial charge in [0, 0.05) is 54.4 Å². The predicted octanol–water partition coefficient (Wildman–Crippen LogP) is 6.31. The summed E-state index contributed by atoms with van der Waals surface area (Å²) >= 11 is 0. The summed E-state index contributed by atoms with van der Waals surface area (Å²) in [5.74, 6) is 0.860. The maximum atomic E-state index is 5.28. The number of hydrogen-bond acceptors (Lipinski definition) is 4. The van der Waals surface area contributed by atoms with Crippen molar-refractivity contribution in [3.63, 3.8) is 0 Å². The van der Waals surface area contributed by atoms with Gasteiger partial charge in [0.1, 0.15) is 11.4 Å². The van der Waals surface area contributed by atoms with Gasteiger partial charge in [0.15, 0.2) is 0 Å². The van der Waals surface area contributed by atoms with E-state index >= 15 is 0 Å². The first-order valence-corrected chi connectivity index (χ1v) is 12.4. The Morgan fingerprint density at radius 3 is 2.33 bits per heavy atom. The van der Waals surface area contributed by atoms with Crippen molar-refractivity contribution in [3.05, 3.63) is 90.1 Å². The Bertz CT molecular complexity index is 1530. The van der Waals surface area contributed by atoms with Gasteiger partial charge in [0.25, 0.3) is 0 Å². The van der Waals surface area contributed by atoms with Gasteiger partial charge in [-0.1, -0.05) is 42.5 Å². The molecule has 1 N–H and O–H groups in total. The van der Waals surface area contributed by atoms with Gasteiger partial charge < -0.3 is 19.5 Å². The molecule has 6 rings (SSSR count). The van der Waals surface area contributed by atoms with Crippen molar-refractivity contribution in [1.29, 1.82) is 0 Å². The van der Waals surface area contributed by atoms with Gasteiger partial charge in [0.05, 0.1) is 7.11 Å². The topological polar surface area (TPSA) is 44.4 Å². The molecule has 5 aromatic rings. The molecule has 1 aliphatic heterocycles. The van der Waals surface area contributed by atoms with Crippen LogP contribution in [0.2, 0.25) is 0 Å². The first kappa shape index (κ1) is 22.4. The Hall–Kier alpha value is -4.09. The summed E-state index contributed by atoms with van der Waals surface area (Å²) in [6.07, 6.45) is 6.16. The van der Waals surface area contributed by atoms with Gasteiger partial charge in [-0.05, 0) is 71.8 Å². The number of aromatic amines is 1. The van der Waals surface area contributed by atoms with Crippen molar-refractivity contribution in [1.82, 2.24) is 14.9 Å². The second kappa shape index (κ2) is 9.51. The molecule has 0 radical (unpaired) electrons. The quantitative estimate of drug-likeness (QED) is 0.324. The van der Waals surface area contributed by atoms with Crippen molar-refractivity contribution < 1.29 is 4.74 Å². The summed E-state index contributed by atoms with van der Waals surface area (Å²) in [4.78, 5) is 13.0. The largest absolute Gasteiger partial charge is 0.497 e. The molecule has 0 unspecified atom stereocenters. The fourth-order valence-electron chi connectivity index (χ4n) is 4.99. The highest BCUT2D eigenvalue weighted by Gasteiger charge is 2.15. The molecule has 0 aliphatic carbocycles. The van der Waals surface area contributed by atoms with Crippen LogP contribution >= 0.6 is 0 Å². The highest BCUT2D eigenvalue weighted by atomic mass is 16.5. The molecular weight excluding hydrogens is 444 g/mol. The number of nitrogens with one attached hydrogen (secondary N) is 1. The molecule has 0 spiro atoms. The minimum Gasteiger partial charge on any atom is -0.497 e. The number of hydrogen-bond donors (Lipinski definition) is 1. The lowest BCUT2D eigenvalue weighted by atomic mass is 10.0. The van der Waals surface area contributed by atoms with Crippen molar-refractivity contribution in [3.8, 4) is 16.9 Å². The Kier molecular flexibility index (Phi) is 5.91. The lowest BCUT2D eigenvalue weighted by Crippen LogP contribution is -2.44. The normalized spacial score (nSPS) is 14.8. The Balaban J connectivity index is 1.33. The first-order valence-electron chi connectivity index (χ1n) is 12.4. The number of pyridine rings is 1. The van der Waals surface area contributed by atoms with E-state index in [0.717, 1.165) is 59.6 Å². The molecule has 1 aliphatic rings. The first-order chi connectivity index (χ1) is 17.7. The van der Waals surface area contributed by atoms with E-state index in [0.29, 0.717) is 0 Å². The van der Waals surface area contributed by atoms with E-state index in [-0.39, 0.29) is 0 Å². The molecule has 1 saturated heterocycles. The maximum Gasteiger partial charge on any atom is 0.138 e. The summed E-state index contributed by atoms with van der Waals surface area (Å²) in [7, 11) is 3.88. The number of aromatic nitrogens is 2. The lowest BCUT2D eigenvalue weighted by molar-refractivity contribution is 0.313. The lowest BCUT2D eigenvalue weighted by Gasteiger charge is -2.34. The van der Waals surface area contributed by atoms with Crippen molar-refractivity contribution in [2.45, 2.75) is 0 Å². The van der Waals surface area contributed by atoms with Gasteiger partial charge in [0.2, 0.25) is 0 Å². The third-order valence-electron chi connectivity index (χ3n) is 7.17. The van der Waals surface area contributed by atoms with Crippen molar-refractivity contribution in [2.75, 3.05) is 45.2 Å². The zero-order valence-corrected chi connectivity index (χ0v) is 20.7. The number of methoxy groups -OCH3 is 1. The minimum absolute atomic E-state index is 0.860. The van der Waals surface area contributed by atoms with Crippen LogP contribution in [0, 0.1) is 0 Å². The second-order valence-corrected chi connectivity index (χ2v) is 9.45. The third kappa shape index (κ3) is 4.34. The van der Waals surface area contributed by atoms with Crippen LogP contribution in [0.3, 0.4) is 0 Å². The standard InChI is InChI=1S/C31H30N4O/c1-34-17-19-35(20-18-34)26-10-7-23(8-11-26)25-9-14-29-28(21-25)30-24(15-16-32-31(30)33-29)6-3-22-4-12-27(36-2)13-5-22/h3-16,21H,17-20H2,1-2H3,(H,32,33)/b6-3+. The van der Waals surface area contributed by atoms with Gasteiger partial charge in [-0.2, -0.15) is 0 Å². The average Bonchev–Trinajstić information content (AvgIpc) is 3.31. The van der Waals surface area contributed by atoms with Crippen LogP contribution in [0.1, 0.15) is 11.1 Å². The zero-order chi connectivity index (χ0) is 24.5. The highest BCUT2D eigenvalue weighted by molar-refractivity contribution is 6.11. The number of fused-ring (bicyclic) bond motifs is 3. The monoisotopic (exact) mass is 474 g/mol. The fraction of sp³-hybridized carbons (Fsp3) is 0.194. The molecule has 0 saturated carbocycles. The molecule has 0 atom stereocenters. The fourth-order valence-corrected chi connectivity index (χ4v) is 4.99. The molecule has 0 amide bonds. The predicted molar refractivity (Wildman–Crippen MR) is 151 cm³/mol. The molecule has 2 aromatic heterocycles. The van der Waals surface area contributed by atoms with Crippen LogP contribution in [0.5, 0.6) is 5.75 Å². The number of anilines is 1. The summed E-state index contributed by atoms with van der Waals surface area (Å²) in [6, 6.07) is 25.8. The Morgan fingerprint density at radius 2 is 1.58 bits per heavy atom. The van der Waals surface area contributed by atoms with E-state index in [9.17, 15) is 0 Å². The van der Waals surface area contributed by atoms with Crippen LogP contribution in [0.15, 0.2) is 79.0 Å². The molecule has 3 aromatic carbocycles. The van der Waals surface area contributed by atoms with Crippen LogP contribution in [0.25, 0.3) is 45.2 Å². The molecule has 180 valence electrons. The number of piperazine rings is 1. The molecular formula is C31H30N4O. The van der Waals surface area contributed by atoms with Crippen LogP contribution < -0.4 is 9.64 Å². The molecule has 0 bridgehead atoms. The van der Waals surface area contributed by atoms with Crippen LogP contribution in [-0.2, 0) is 0 Å².